The lowest BCUT2D eigenvalue weighted by molar-refractivity contribution is 0.416. The average molecular weight is 722 g/mol. The fourth-order valence-corrected chi connectivity index (χ4v) is 9.81. The predicted molar refractivity (Wildman–Crippen MR) is 235 cm³/mol. The molecule has 6 aromatic carbocycles. The van der Waals surface area contributed by atoms with E-state index < -0.39 is 0 Å². The van der Waals surface area contributed by atoms with Crippen molar-refractivity contribution in [1.82, 2.24) is 9.13 Å². The van der Waals surface area contributed by atoms with Gasteiger partial charge in [-0.15, -0.1) is 0 Å². The van der Waals surface area contributed by atoms with Gasteiger partial charge in [-0.3, -0.25) is 4.99 Å². The summed E-state index contributed by atoms with van der Waals surface area (Å²) in [5, 5.41) is 2.59. The third kappa shape index (κ3) is 5.61. The molecule has 0 fully saturated rings. The lowest BCUT2D eigenvalue weighted by Crippen LogP contribution is -2.24. The molecule has 2 unspecified atom stereocenters. The van der Waals surface area contributed by atoms with Crippen molar-refractivity contribution in [2.24, 2.45) is 4.99 Å². The highest BCUT2D eigenvalue weighted by Crippen LogP contribution is 2.45. The number of para-hydroxylation sites is 1. The van der Waals surface area contributed by atoms with E-state index in [1.807, 2.05) is 0 Å². The SMILES string of the molecule is C1=Cc2c(c3c(n2C2CC(c4ccccc4)=NC(c4ccccc4)C2)C=C(c2ccc4c(c2)c2ccccc2n4-c2ccc(-c4ccccc4)cc2)CC3)CC1. The van der Waals surface area contributed by atoms with Crippen molar-refractivity contribution in [2.45, 2.75) is 50.6 Å². The van der Waals surface area contributed by atoms with Gasteiger partial charge in [0.2, 0.25) is 0 Å². The molecule has 270 valence electrons. The molecule has 0 bridgehead atoms. The highest BCUT2D eigenvalue weighted by atomic mass is 15.1. The van der Waals surface area contributed by atoms with Crippen LogP contribution in [0.4, 0.5) is 0 Å². The van der Waals surface area contributed by atoms with Crippen LogP contribution in [0, 0.1) is 0 Å². The molecule has 8 aromatic rings. The summed E-state index contributed by atoms with van der Waals surface area (Å²) < 4.78 is 5.16. The summed E-state index contributed by atoms with van der Waals surface area (Å²) in [7, 11) is 0. The molecule has 2 atom stereocenters. The van der Waals surface area contributed by atoms with E-state index in [1.54, 1.807) is 11.1 Å². The van der Waals surface area contributed by atoms with E-state index in [-0.39, 0.29) is 6.04 Å². The molecule has 56 heavy (non-hydrogen) atoms. The van der Waals surface area contributed by atoms with E-state index in [2.05, 4.69) is 185 Å². The molecule has 11 rings (SSSR count). The van der Waals surface area contributed by atoms with Gasteiger partial charge in [-0.25, -0.2) is 0 Å². The van der Waals surface area contributed by atoms with E-state index in [0.29, 0.717) is 6.04 Å². The lowest BCUT2D eigenvalue weighted by Gasteiger charge is -2.32. The van der Waals surface area contributed by atoms with Gasteiger partial charge >= 0.3 is 0 Å². The number of hydrogen-bond donors (Lipinski definition) is 0. The molecular formula is C53H43N3. The number of fused-ring (bicyclic) bond motifs is 6. The highest BCUT2D eigenvalue weighted by molar-refractivity contribution is 6.10. The van der Waals surface area contributed by atoms with Crippen LogP contribution in [-0.2, 0) is 12.8 Å². The molecule has 2 aromatic heterocycles. The Labute approximate surface area is 328 Å². The van der Waals surface area contributed by atoms with Crippen LogP contribution in [0.1, 0.15) is 77.0 Å². The van der Waals surface area contributed by atoms with Crippen LogP contribution in [0.25, 0.3) is 56.3 Å². The van der Waals surface area contributed by atoms with Gasteiger partial charge < -0.3 is 9.13 Å². The van der Waals surface area contributed by atoms with Gasteiger partial charge in [0.1, 0.15) is 0 Å². The number of rotatable bonds is 6. The lowest BCUT2D eigenvalue weighted by atomic mass is 9.88. The smallest absolute Gasteiger partial charge is 0.0772 e. The Bertz CT molecular complexity index is 2830. The van der Waals surface area contributed by atoms with Crippen LogP contribution in [-0.4, -0.2) is 14.8 Å². The van der Waals surface area contributed by atoms with Crippen LogP contribution in [0.15, 0.2) is 169 Å². The fourth-order valence-electron chi connectivity index (χ4n) is 9.81. The van der Waals surface area contributed by atoms with Crippen molar-refractivity contribution in [1.29, 1.82) is 0 Å². The maximum absolute atomic E-state index is 5.43. The largest absolute Gasteiger partial charge is 0.337 e. The molecule has 0 radical (unpaired) electrons. The zero-order valence-electron chi connectivity index (χ0n) is 31.5. The van der Waals surface area contributed by atoms with Crippen LogP contribution in [0.3, 0.4) is 0 Å². The summed E-state index contributed by atoms with van der Waals surface area (Å²) >= 11 is 0. The molecule has 3 heteroatoms. The second-order valence-electron chi connectivity index (χ2n) is 15.7. The average Bonchev–Trinajstić information content (AvgIpc) is 3.79. The number of hydrogen-bond acceptors (Lipinski definition) is 1. The van der Waals surface area contributed by atoms with Gasteiger partial charge in [0.05, 0.1) is 17.1 Å². The maximum atomic E-state index is 5.43. The normalized spacial score (nSPS) is 17.7. The van der Waals surface area contributed by atoms with Crippen LogP contribution in [0.5, 0.6) is 0 Å². The van der Waals surface area contributed by atoms with Crippen molar-refractivity contribution in [3.63, 3.8) is 0 Å². The summed E-state index contributed by atoms with van der Waals surface area (Å²) in [6, 6.07) is 57.9. The molecule has 3 nitrogen and oxygen atoms in total. The molecular weight excluding hydrogens is 679 g/mol. The first kappa shape index (κ1) is 32.9. The van der Waals surface area contributed by atoms with Crippen LogP contribution >= 0.6 is 0 Å². The summed E-state index contributed by atoms with van der Waals surface area (Å²) in [6.07, 6.45) is 13.6. The number of aromatic nitrogens is 2. The zero-order valence-corrected chi connectivity index (χ0v) is 31.5. The third-order valence-electron chi connectivity index (χ3n) is 12.5. The molecule has 3 heterocycles. The second-order valence-corrected chi connectivity index (χ2v) is 15.7. The first-order chi connectivity index (χ1) is 27.8. The minimum atomic E-state index is 0.118. The van der Waals surface area contributed by atoms with E-state index >= 15 is 0 Å². The fraction of sp³-hybridized carbons (Fsp3) is 0.151. The van der Waals surface area contributed by atoms with Gasteiger partial charge in [-0.1, -0.05) is 133 Å². The quantitative estimate of drug-likeness (QED) is 0.163. The van der Waals surface area contributed by atoms with E-state index in [0.717, 1.165) is 38.5 Å². The molecule has 0 spiro atoms. The van der Waals surface area contributed by atoms with Gasteiger partial charge in [-0.2, -0.15) is 0 Å². The molecule has 2 aliphatic carbocycles. The first-order valence-corrected chi connectivity index (χ1v) is 20.3. The van der Waals surface area contributed by atoms with Crippen molar-refractivity contribution < 1.29 is 0 Å². The monoisotopic (exact) mass is 721 g/mol. The number of nitrogens with zero attached hydrogens (tertiary/aromatic N) is 3. The maximum Gasteiger partial charge on any atom is 0.0772 e. The van der Waals surface area contributed by atoms with Gasteiger partial charge in [-0.05, 0) is 119 Å². The van der Waals surface area contributed by atoms with Gasteiger partial charge in [0, 0.05) is 46.0 Å². The number of aliphatic imine (C=N–C) groups is 1. The molecule has 0 saturated heterocycles. The third-order valence-corrected chi connectivity index (χ3v) is 12.5. The zero-order chi connectivity index (χ0) is 37.0. The summed E-state index contributed by atoms with van der Waals surface area (Å²) in [5.74, 6) is 0. The van der Waals surface area contributed by atoms with Crippen molar-refractivity contribution in [3.05, 3.63) is 203 Å². The Balaban J connectivity index is 1.01. The standard InChI is InChI=1S/C53H43N3/c1-4-14-36(15-5-1)37-24-28-42(29-25-37)55-51-23-13-11-21-45(51)47-32-40(27-31-52(47)55)41-26-30-46-44-20-10-12-22-50(44)56(53(46)33-41)43-34-48(38-16-6-2-7-17-38)54-49(35-43)39-18-8-3-9-19-39/h1-9,11-19,21-25,27-29,31-33,43,48H,10,20,26,30,34-35H2. The number of allylic oxidation sites excluding steroid dienone is 2. The van der Waals surface area contributed by atoms with Crippen molar-refractivity contribution in [2.75, 3.05) is 0 Å². The summed E-state index contributed by atoms with van der Waals surface area (Å²) in [5.41, 5.74) is 18.6. The first-order valence-electron chi connectivity index (χ1n) is 20.3. The van der Waals surface area contributed by atoms with Crippen molar-refractivity contribution in [3.8, 4) is 16.8 Å². The van der Waals surface area contributed by atoms with Crippen molar-refractivity contribution >= 4 is 45.2 Å². The Hall–Kier alpha value is -6.45. The molecule has 0 N–H and O–H groups in total. The van der Waals surface area contributed by atoms with Crippen LogP contribution < -0.4 is 0 Å². The molecule has 0 amide bonds. The van der Waals surface area contributed by atoms with E-state index in [1.165, 1.54) is 78.0 Å². The van der Waals surface area contributed by atoms with Gasteiger partial charge in [0.25, 0.3) is 0 Å². The highest BCUT2D eigenvalue weighted by Gasteiger charge is 2.33. The Morgan fingerprint density at radius 1 is 0.536 bits per heavy atom. The van der Waals surface area contributed by atoms with Crippen LogP contribution in [0.2, 0.25) is 0 Å². The minimum Gasteiger partial charge on any atom is -0.337 e. The Kier molecular flexibility index (Phi) is 8.05. The van der Waals surface area contributed by atoms with Gasteiger partial charge in [0.15, 0.2) is 0 Å². The Morgan fingerprint density at radius 2 is 1.20 bits per heavy atom. The summed E-state index contributed by atoms with van der Waals surface area (Å²) in [4.78, 5) is 5.43. The molecule has 3 aliphatic rings. The predicted octanol–water partition coefficient (Wildman–Crippen LogP) is 13.3. The van der Waals surface area contributed by atoms with E-state index in [9.17, 15) is 0 Å². The van der Waals surface area contributed by atoms with E-state index in [4.69, 9.17) is 4.99 Å². The number of benzene rings is 6. The molecule has 1 aliphatic heterocycles. The summed E-state index contributed by atoms with van der Waals surface area (Å²) in [6.45, 7) is 0. The Morgan fingerprint density at radius 3 is 2.00 bits per heavy atom. The minimum absolute atomic E-state index is 0.118. The topological polar surface area (TPSA) is 22.2 Å². The molecule has 0 saturated carbocycles. The second kappa shape index (κ2) is 13.7.